The van der Waals surface area contributed by atoms with Crippen LogP contribution in [0.25, 0.3) is 0 Å². The highest BCUT2D eigenvalue weighted by Crippen LogP contribution is 2.37. The Labute approximate surface area is 125 Å². The Morgan fingerprint density at radius 3 is 2.52 bits per heavy atom. The molecule has 0 heterocycles. The number of rotatable bonds is 5. The molecule has 1 saturated carbocycles. The normalized spacial score (nSPS) is 17.2. The van der Waals surface area contributed by atoms with Crippen LogP contribution in [0.5, 0.6) is 0 Å². The maximum absolute atomic E-state index is 12.6. The number of carboxylic acids is 1. The highest BCUT2D eigenvalue weighted by molar-refractivity contribution is 5.95. The van der Waals surface area contributed by atoms with Crippen molar-refractivity contribution in [3.8, 4) is 0 Å². The van der Waals surface area contributed by atoms with Crippen LogP contribution in [-0.4, -0.2) is 17.0 Å². The summed E-state index contributed by atoms with van der Waals surface area (Å²) in [6, 6.07) is 7.46. The van der Waals surface area contributed by atoms with E-state index < -0.39 is 5.97 Å². The first-order valence-corrected chi connectivity index (χ1v) is 7.62. The lowest BCUT2D eigenvalue weighted by Gasteiger charge is -2.32. The van der Waals surface area contributed by atoms with Gasteiger partial charge in [0.25, 0.3) is 0 Å². The molecule has 2 N–H and O–H groups in total. The van der Waals surface area contributed by atoms with E-state index in [1.54, 1.807) is 0 Å². The van der Waals surface area contributed by atoms with Crippen LogP contribution in [0.2, 0.25) is 0 Å². The molecule has 1 fully saturated rings. The van der Waals surface area contributed by atoms with Crippen molar-refractivity contribution in [3.05, 3.63) is 29.8 Å². The molecule has 0 bridgehead atoms. The molecule has 0 unspecified atom stereocenters. The average molecular weight is 289 g/mol. The number of amides is 1. The summed E-state index contributed by atoms with van der Waals surface area (Å²) in [5, 5.41) is 11.8. The minimum absolute atomic E-state index is 0.0602. The van der Waals surface area contributed by atoms with E-state index in [1.807, 2.05) is 31.2 Å². The first kappa shape index (κ1) is 15.5. The number of anilines is 1. The molecule has 0 atom stereocenters. The van der Waals surface area contributed by atoms with Gasteiger partial charge in [-0.1, -0.05) is 44.4 Å². The van der Waals surface area contributed by atoms with Crippen LogP contribution >= 0.6 is 0 Å². The van der Waals surface area contributed by atoms with Crippen molar-refractivity contribution in [1.29, 1.82) is 0 Å². The van der Waals surface area contributed by atoms with Crippen molar-refractivity contribution in [2.75, 3.05) is 5.32 Å². The Bertz CT molecular complexity index is 519. The summed E-state index contributed by atoms with van der Waals surface area (Å²) in [6.07, 6.45) is 5.77. The third kappa shape index (κ3) is 4.06. The lowest BCUT2D eigenvalue weighted by molar-refractivity contribution is -0.137. The zero-order valence-electron chi connectivity index (χ0n) is 12.5. The lowest BCUT2D eigenvalue weighted by Crippen LogP contribution is -2.35. The molecular weight excluding hydrogens is 266 g/mol. The van der Waals surface area contributed by atoms with E-state index >= 15 is 0 Å². The lowest BCUT2D eigenvalue weighted by atomic mass is 9.75. The topological polar surface area (TPSA) is 66.4 Å². The van der Waals surface area contributed by atoms with Gasteiger partial charge in [0.1, 0.15) is 0 Å². The van der Waals surface area contributed by atoms with E-state index in [-0.39, 0.29) is 17.7 Å². The minimum Gasteiger partial charge on any atom is -0.481 e. The maximum Gasteiger partial charge on any atom is 0.303 e. The van der Waals surface area contributed by atoms with Gasteiger partial charge >= 0.3 is 5.97 Å². The summed E-state index contributed by atoms with van der Waals surface area (Å²) in [5.41, 5.74) is 1.33. The molecule has 0 saturated heterocycles. The molecule has 1 aliphatic carbocycles. The van der Waals surface area contributed by atoms with Crippen molar-refractivity contribution in [2.45, 2.75) is 51.9 Å². The second-order valence-corrected chi connectivity index (χ2v) is 6.13. The smallest absolute Gasteiger partial charge is 0.303 e. The summed E-state index contributed by atoms with van der Waals surface area (Å²) in [6.45, 7) is 2.03. The van der Waals surface area contributed by atoms with Crippen LogP contribution < -0.4 is 5.32 Å². The van der Waals surface area contributed by atoms with Crippen molar-refractivity contribution in [2.24, 2.45) is 5.41 Å². The number of hydrogen-bond donors (Lipinski definition) is 2. The number of hydrogen-bond acceptors (Lipinski definition) is 2. The van der Waals surface area contributed by atoms with Gasteiger partial charge in [0.15, 0.2) is 0 Å². The Kier molecular flexibility index (Phi) is 4.99. The molecule has 4 heteroatoms. The Morgan fingerprint density at radius 1 is 1.19 bits per heavy atom. The molecule has 4 nitrogen and oxygen atoms in total. The molecule has 0 radical (unpaired) electrons. The zero-order valence-corrected chi connectivity index (χ0v) is 12.5. The highest BCUT2D eigenvalue weighted by atomic mass is 16.4. The predicted octanol–water partition coefficient (Wildman–Crippen LogP) is 3.61. The third-order valence-electron chi connectivity index (χ3n) is 4.38. The van der Waals surface area contributed by atoms with Crippen LogP contribution in [0, 0.1) is 5.41 Å². The maximum atomic E-state index is 12.6. The predicted molar refractivity (Wildman–Crippen MR) is 82.2 cm³/mol. The number of aliphatic carboxylic acids is 1. The number of carbonyl (C=O) groups is 2. The van der Waals surface area contributed by atoms with E-state index in [9.17, 15) is 9.59 Å². The Morgan fingerprint density at radius 2 is 1.86 bits per heavy atom. The van der Waals surface area contributed by atoms with Gasteiger partial charge in [-0.2, -0.15) is 0 Å². The summed E-state index contributed by atoms with van der Waals surface area (Å²) in [5.74, 6) is -0.764. The van der Waals surface area contributed by atoms with Gasteiger partial charge in [-0.3, -0.25) is 9.59 Å². The molecule has 1 aromatic rings. The fraction of sp³-hybridized carbons (Fsp3) is 0.529. The first-order valence-electron chi connectivity index (χ1n) is 7.62. The van der Waals surface area contributed by atoms with Gasteiger partial charge in [-0.05, 0) is 30.9 Å². The average Bonchev–Trinajstić information content (AvgIpc) is 2.47. The number of aryl methyl sites for hydroxylation is 1. The van der Waals surface area contributed by atoms with E-state index in [0.29, 0.717) is 6.42 Å². The quantitative estimate of drug-likeness (QED) is 0.870. The molecule has 0 aliphatic heterocycles. The Balaban J connectivity index is 2.08. The first-order chi connectivity index (χ1) is 10.0. The van der Waals surface area contributed by atoms with E-state index in [0.717, 1.165) is 36.9 Å². The van der Waals surface area contributed by atoms with Gasteiger partial charge < -0.3 is 10.4 Å². The number of benzene rings is 1. The van der Waals surface area contributed by atoms with E-state index in [4.69, 9.17) is 5.11 Å². The standard InChI is InChI=1S/C17H23NO3/c1-17(11-5-2-6-12-17)16(21)18-14-8-4-3-7-13(14)9-10-15(19)20/h3-4,7-8H,2,5-6,9-12H2,1H3,(H,18,21)(H,19,20). The van der Waals surface area contributed by atoms with Crippen LogP contribution in [0.3, 0.4) is 0 Å². The summed E-state index contributed by atoms with van der Waals surface area (Å²) in [4.78, 5) is 23.3. The molecule has 0 aromatic heterocycles. The van der Waals surface area contributed by atoms with Crippen molar-refractivity contribution in [3.63, 3.8) is 0 Å². The Hall–Kier alpha value is -1.84. The molecule has 0 spiro atoms. The number of carbonyl (C=O) groups excluding carboxylic acids is 1. The second-order valence-electron chi connectivity index (χ2n) is 6.13. The van der Waals surface area contributed by atoms with E-state index in [2.05, 4.69) is 5.32 Å². The fourth-order valence-electron chi connectivity index (χ4n) is 2.93. The number of para-hydroxylation sites is 1. The van der Waals surface area contributed by atoms with Gasteiger partial charge in [0.2, 0.25) is 5.91 Å². The van der Waals surface area contributed by atoms with Crippen LogP contribution in [0.1, 0.15) is 51.0 Å². The van der Waals surface area contributed by atoms with Gasteiger partial charge in [0.05, 0.1) is 0 Å². The van der Waals surface area contributed by atoms with Crippen molar-refractivity contribution in [1.82, 2.24) is 0 Å². The SMILES string of the molecule is CC1(C(=O)Nc2ccccc2CCC(=O)O)CCCCC1. The molecule has 1 amide bonds. The van der Waals surface area contributed by atoms with Crippen molar-refractivity contribution < 1.29 is 14.7 Å². The molecule has 1 aliphatic rings. The van der Waals surface area contributed by atoms with Gasteiger partial charge in [0, 0.05) is 17.5 Å². The molecule has 1 aromatic carbocycles. The van der Waals surface area contributed by atoms with Crippen molar-refractivity contribution >= 4 is 17.6 Å². The van der Waals surface area contributed by atoms with Gasteiger partial charge in [-0.15, -0.1) is 0 Å². The van der Waals surface area contributed by atoms with E-state index in [1.165, 1.54) is 6.42 Å². The largest absolute Gasteiger partial charge is 0.481 e. The third-order valence-corrected chi connectivity index (χ3v) is 4.38. The molecule has 114 valence electrons. The highest BCUT2D eigenvalue weighted by Gasteiger charge is 2.34. The summed E-state index contributed by atoms with van der Waals surface area (Å²) in [7, 11) is 0. The molecule has 2 rings (SSSR count). The molecular formula is C17H23NO3. The monoisotopic (exact) mass is 289 g/mol. The molecule has 21 heavy (non-hydrogen) atoms. The zero-order chi connectivity index (χ0) is 15.3. The van der Waals surface area contributed by atoms with Gasteiger partial charge in [-0.25, -0.2) is 0 Å². The summed E-state index contributed by atoms with van der Waals surface area (Å²) >= 11 is 0. The number of nitrogens with one attached hydrogen (secondary N) is 1. The number of carboxylic acid groups (broad SMARTS) is 1. The minimum atomic E-state index is -0.824. The summed E-state index contributed by atoms with van der Waals surface area (Å²) < 4.78 is 0. The van der Waals surface area contributed by atoms with Crippen LogP contribution in [0.4, 0.5) is 5.69 Å². The fourth-order valence-corrected chi connectivity index (χ4v) is 2.93. The second kappa shape index (κ2) is 6.74. The van der Waals surface area contributed by atoms with Crippen LogP contribution in [-0.2, 0) is 16.0 Å². The van der Waals surface area contributed by atoms with Crippen LogP contribution in [0.15, 0.2) is 24.3 Å².